The molecule has 0 radical (unpaired) electrons. The first-order valence-electron chi connectivity index (χ1n) is 6.53. The van der Waals surface area contributed by atoms with Crippen LogP contribution in [0.25, 0.3) is 0 Å². The van der Waals surface area contributed by atoms with Gasteiger partial charge in [0.1, 0.15) is 6.10 Å². The molecular weight excluding hydrogens is 244 g/mol. The lowest BCUT2D eigenvalue weighted by Crippen LogP contribution is -2.48. The van der Waals surface area contributed by atoms with Crippen molar-refractivity contribution < 1.29 is 14.0 Å². The van der Waals surface area contributed by atoms with Gasteiger partial charge in [-0.05, 0) is 25.1 Å². The third-order valence-corrected chi connectivity index (χ3v) is 8.05. The highest BCUT2D eigenvalue weighted by molar-refractivity contribution is 6.74. The Hall–Kier alpha value is -0.613. The summed E-state index contributed by atoms with van der Waals surface area (Å²) in [5, 5.41) is 0.0681. The van der Waals surface area contributed by atoms with E-state index >= 15 is 0 Å². The normalized spacial score (nSPS) is 15.9. The van der Waals surface area contributed by atoms with Crippen molar-refractivity contribution in [2.24, 2.45) is 5.92 Å². The standard InChI is InChI=1S/C14H28O3Si/c1-9-11(3)12(13(15)16-10-2)17-18(7,8)14(4,5)6/h9,11-12H,1,10H2,2-8H3/t11-,12-/m1/s1. The molecule has 0 unspecified atom stereocenters. The maximum absolute atomic E-state index is 12.0. The van der Waals surface area contributed by atoms with Crippen LogP contribution in [0.15, 0.2) is 12.7 Å². The fraction of sp³-hybridized carbons (Fsp3) is 0.786. The lowest BCUT2D eigenvalue weighted by atomic mass is 10.1. The molecule has 3 nitrogen and oxygen atoms in total. The van der Waals surface area contributed by atoms with E-state index in [-0.39, 0.29) is 16.9 Å². The third kappa shape index (κ3) is 4.57. The van der Waals surface area contributed by atoms with Crippen molar-refractivity contribution >= 4 is 14.3 Å². The smallest absolute Gasteiger partial charge is 0.334 e. The molecule has 0 saturated carbocycles. The second-order valence-electron chi connectivity index (χ2n) is 6.15. The molecule has 0 aromatic heterocycles. The van der Waals surface area contributed by atoms with Crippen LogP contribution in [-0.2, 0) is 14.0 Å². The van der Waals surface area contributed by atoms with Crippen molar-refractivity contribution in [3.05, 3.63) is 12.7 Å². The van der Waals surface area contributed by atoms with Crippen LogP contribution in [0.4, 0.5) is 0 Å². The first-order valence-corrected chi connectivity index (χ1v) is 9.44. The average molecular weight is 272 g/mol. The van der Waals surface area contributed by atoms with Crippen LogP contribution in [0, 0.1) is 5.92 Å². The van der Waals surface area contributed by atoms with Gasteiger partial charge in [0, 0.05) is 5.92 Å². The minimum Gasteiger partial charge on any atom is -0.464 e. The molecule has 0 aliphatic carbocycles. The predicted octanol–water partition coefficient (Wildman–Crippen LogP) is 3.76. The Morgan fingerprint density at radius 1 is 1.39 bits per heavy atom. The number of hydrogen-bond acceptors (Lipinski definition) is 3. The van der Waals surface area contributed by atoms with E-state index in [0.29, 0.717) is 6.61 Å². The Balaban J connectivity index is 5.01. The Morgan fingerprint density at radius 2 is 1.89 bits per heavy atom. The zero-order valence-corrected chi connectivity index (χ0v) is 13.9. The molecule has 0 amide bonds. The highest BCUT2D eigenvalue weighted by Gasteiger charge is 2.42. The monoisotopic (exact) mass is 272 g/mol. The van der Waals surface area contributed by atoms with Crippen LogP contribution in [0.5, 0.6) is 0 Å². The highest BCUT2D eigenvalue weighted by Crippen LogP contribution is 2.38. The largest absolute Gasteiger partial charge is 0.464 e. The van der Waals surface area contributed by atoms with Gasteiger partial charge in [-0.3, -0.25) is 0 Å². The van der Waals surface area contributed by atoms with Gasteiger partial charge in [0.2, 0.25) is 0 Å². The van der Waals surface area contributed by atoms with E-state index in [1.54, 1.807) is 13.0 Å². The molecule has 0 saturated heterocycles. The van der Waals surface area contributed by atoms with E-state index in [1.807, 2.05) is 6.92 Å². The van der Waals surface area contributed by atoms with E-state index in [4.69, 9.17) is 9.16 Å². The van der Waals surface area contributed by atoms with Gasteiger partial charge in [-0.1, -0.05) is 33.8 Å². The fourth-order valence-electron chi connectivity index (χ4n) is 1.21. The Morgan fingerprint density at radius 3 is 2.22 bits per heavy atom. The van der Waals surface area contributed by atoms with Gasteiger partial charge in [0.05, 0.1) is 6.61 Å². The summed E-state index contributed by atoms with van der Waals surface area (Å²) in [5.41, 5.74) is 0. The van der Waals surface area contributed by atoms with E-state index in [0.717, 1.165) is 0 Å². The summed E-state index contributed by atoms with van der Waals surface area (Å²) in [4.78, 5) is 12.0. The Kier molecular flexibility index (Phi) is 6.30. The summed E-state index contributed by atoms with van der Waals surface area (Å²) in [5.74, 6) is -0.326. The van der Waals surface area contributed by atoms with Gasteiger partial charge in [-0.2, -0.15) is 0 Å². The van der Waals surface area contributed by atoms with Gasteiger partial charge in [-0.25, -0.2) is 4.79 Å². The molecule has 18 heavy (non-hydrogen) atoms. The van der Waals surface area contributed by atoms with Gasteiger partial charge in [0.15, 0.2) is 8.32 Å². The van der Waals surface area contributed by atoms with Gasteiger partial charge in [-0.15, -0.1) is 6.58 Å². The predicted molar refractivity (Wildman–Crippen MR) is 78.1 cm³/mol. The third-order valence-electron chi connectivity index (χ3n) is 3.60. The van der Waals surface area contributed by atoms with E-state index in [9.17, 15) is 4.79 Å². The van der Waals surface area contributed by atoms with Crippen molar-refractivity contribution in [3.63, 3.8) is 0 Å². The molecule has 4 heteroatoms. The van der Waals surface area contributed by atoms with Crippen LogP contribution in [0.1, 0.15) is 34.6 Å². The van der Waals surface area contributed by atoms with Crippen molar-refractivity contribution in [2.75, 3.05) is 6.61 Å². The molecule has 0 bridgehead atoms. The van der Waals surface area contributed by atoms with Gasteiger partial charge < -0.3 is 9.16 Å². The first-order chi connectivity index (χ1) is 8.06. The summed E-state index contributed by atoms with van der Waals surface area (Å²) < 4.78 is 11.3. The number of ether oxygens (including phenoxy) is 1. The quantitative estimate of drug-likeness (QED) is 0.419. The Bertz CT molecular complexity index is 292. The summed E-state index contributed by atoms with van der Waals surface area (Å²) in [6.07, 6.45) is 1.21. The van der Waals surface area contributed by atoms with Crippen molar-refractivity contribution in [3.8, 4) is 0 Å². The first kappa shape index (κ1) is 17.4. The van der Waals surface area contributed by atoms with E-state index in [2.05, 4.69) is 40.4 Å². The summed E-state index contributed by atoms with van der Waals surface area (Å²) in [7, 11) is -1.99. The minimum absolute atomic E-state index is 0.0434. The average Bonchev–Trinajstić information content (AvgIpc) is 2.23. The molecule has 0 N–H and O–H groups in total. The molecule has 0 aliphatic heterocycles. The summed E-state index contributed by atoms with van der Waals surface area (Å²) in [6.45, 7) is 18.6. The molecule has 0 aromatic carbocycles. The van der Waals surface area contributed by atoms with Crippen molar-refractivity contribution in [1.82, 2.24) is 0 Å². The van der Waals surface area contributed by atoms with Gasteiger partial charge >= 0.3 is 5.97 Å². The maximum atomic E-state index is 12.0. The zero-order chi connectivity index (χ0) is 14.6. The molecule has 0 aliphatic rings. The fourth-order valence-corrected chi connectivity index (χ4v) is 2.51. The number of carbonyl (C=O) groups is 1. The number of carbonyl (C=O) groups excluding carboxylic acids is 1. The molecule has 0 aromatic rings. The topological polar surface area (TPSA) is 35.5 Å². The highest BCUT2D eigenvalue weighted by atomic mass is 28.4. The SMILES string of the molecule is C=C[C@@H](C)[C@@H](O[Si](C)(C)C(C)(C)C)C(=O)OCC. The van der Waals surface area contributed by atoms with Crippen LogP contribution in [0.2, 0.25) is 18.1 Å². The lowest BCUT2D eigenvalue weighted by Gasteiger charge is -2.39. The lowest BCUT2D eigenvalue weighted by molar-refractivity contribution is -0.153. The maximum Gasteiger partial charge on any atom is 0.334 e. The van der Waals surface area contributed by atoms with Crippen LogP contribution in [0.3, 0.4) is 0 Å². The minimum atomic E-state index is -1.99. The molecule has 106 valence electrons. The molecule has 0 fully saturated rings. The number of hydrogen-bond donors (Lipinski definition) is 0. The van der Waals surface area contributed by atoms with Crippen LogP contribution < -0.4 is 0 Å². The molecular formula is C14H28O3Si. The Labute approximate surface area is 113 Å². The van der Waals surface area contributed by atoms with Crippen LogP contribution >= 0.6 is 0 Å². The molecule has 0 rings (SSSR count). The van der Waals surface area contributed by atoms with Crippen molar-refractivity contribution in [1.29, 1.82) is 0 Å². The van der Waals surface area contributed by atoms with Crippen molar-refractivity contribution in [2.45, 2.75) is 58.9 Å². The van der Waals surface area contributed by atoms with Crippen LogP contribution in [-0.4, -0.2) is 27.0 Å². The second-order valence-corrected chi connectivity index (χ2v) is 10.9. The van der Waals surface area contributed by atoms with E-state index in [1.165, 1.54) is 0 Å². The second kappa shape index (κ2) is 6.52. The summed E-state index contributed by atoms with van der Waals surface area (Å²) >= 11 is 0. The summed E-state index contributed by atoms with van der Waals surface area (Å²) in [6, 6.07) is 0. The zero-order valence-electron chi connectivity index (χ0n) is 12.9. The van der Waals surface area contributed by atoms with E-state index < -0.39 is 14.4 Å². The number of rotatable bonds is 6. The number of esters is 1. The molecule has 0 spiro atoms. The molecule has 0 heterocycles. The van der Waals surface area contributed by atoms with Gasteiger partial charge in [0.25, 0.3) is 0 Å². The molecule has 2 atom stereocenters.